The molecule has 0 radical (unpaired) electrons. The third-order valence-corrected chi connectivity index (χ3v) is 2.05. The van der Waals surface area contributed by atoms with E-state index in [1.165, 1.54) is 11.1 Å². The van der Waals surface area contributed by atoms with Crippen molar-refractivity contribution < 1.29 is 18.5 Å². The van der Waals surface area contributed by atoms with E-state index in [9.17, 15) is 0 Å². The van der Waals surface area contributed by atoms with Crippen LogP contribution >= 0.6 is 24.4 Å². The first kappa shape index (κ1) is 11.9. The van der Waals surface area contributed by atoms with Gasteiger partial charge in [0.15, 0.2) is 0 Å². The molecule has 0 N–H and O–H groups in total. The Labute approximate surface area is 102 Å². The zero-order chi connectivity index (χ0) is 9.68. The summed E-state index contributed by atoms with van der Waals surface area (Å²) in [5.41, 5.74) is 2.84. The number of hydrogen-bond donors (Lipinski definition) is 0. The molecule has 0 aromatic heterocycles. The molecule has 1 unspecified atom stereocenters. The van der Waals surface area contributed by atoms with Gasteiger partial charge in [0.25, 0.3) is 0 Å². The summed E-state index contributed by atoms with van der Waals surface area (Å²) in [6, 6.07) is 8.54. The van der Waals surface area contributed by atoms with Crippen LogP contribution in [-0.4, -0.2) is 0 Å². The van der Waals surface area contributed by atoms with Crippen molar-refractivity contribution in [3.63, 3.8) is 0 Å². The first-order valence-corrected chi connectivity index (χ1v) is 15.3. The second-order valence-corrected chi connectivity index (χ2v) is 14.2. The van der Waals surface area contributed by atoms with E-state index in [-0.39, 0.29) is 18.5 Å². The Balaban J connectivity index is 0.000000251. The number of hydrogen-bond acceptors (Lipinski definition) is 0. The van der Waals surface area contributed by atoms with Crippen LogP contribution in [0.2, 0.25) is 0 Å². The fourth-order valence-electron chi connectivity index (χ4n) is 1.43. The summed E-state index contributed by atoms with van der Waals surface area (Å²) in [6.07, 6.45) is 4.44. The molecule has 0 bridgehead atoms. The topological polar surface area (TPSA) is 0 Å². The van der Waals surface area contributed by atoms with Crippen LogP contribution in [-0.2, 0) is 18.5 Å². The summed E-state index contributed by atoms with van der Waals surface area (Å²) < 4.78 is 0. The fourth-order valence-corrected chi connectivity index (χ4v) is 1.43. The van der Waals surface area contributed by atoms with E-state index in [2.05, 4.69) is 67.8 Å². The van der Waals surface area contributed by atoms with Crippen LogP contribution in [0, 0.1) is 0 Å². The summed E-state index contributed by atoms with van der Waals surface area (Å²) in [7, 11) is 0. The molecule has 3 heteroatoms. The molecule has 0 heterocycles. The van der Waals surface area contributed by atoms with Gasteiger partial charge in [-0.3, -0.25) is 0 Å². The Hall–Kier alpha value is 0.803. The van der Waals surface area contributed by atoms with Crippen LogP contribution in [0.3, 0.4) is 0 Å². The van der Waals surface area contributed by atoms with E-state index in [4.69, 9.17) is 0 Å². The predicted molar refractivity (Wildman–Crippen MR) is 61.7 cm³/mol. The Kier molecular flexibility index (Phi) is 5.77. The fraction of sp³-hybridized carbons (Fsp3) is 0.200. The molecular weight excluding hydrogens is 371 g/mol. The van der Waals surface area contributed by atoms with Crippen molar-refractivity contribution in [2.24, 2.45) is 0 Å². The summed E-state index contributed by atoms with van der Waals surface area (Å²) in [5, 5.41) is 0. The number of benzene rings is 1. The Morgan fingerprint density at radius 3 is 2.46 bits per heavy atom. The molecule has 0 aliphatic heterocycles. The molecule has 0 spiro atoms. The minimum absolute atomic E-state index is 0.145. The van der Waals surface area contributed by atoms with Gasteiger partial charge in [-0.25, -0.2) is 0 Å². The molecule has 68 valence electrons. The van der Waals surface area contributed by atoms with Gasteiger partial charge in [-0.05, 0) is 17.0 Å². The van der Waals surface area contributed by atoms with Gasteiger partial charge in [0.05, 0.1) is 0 Å². The second kappa shape index (κ2) is 6.32. The summed E-state index contributed by atoms with van der Waals surface area (Å²) in [4.78, 5) is 0. The molecule has 0 saturated carbocycles. The molecule has 1 aliphatic carbocycles. The van der Waals surface area contributed by atoms with E-state index < -0.39 is 0 Å². The number of allylic oxidation sites excluding steroid dienone is 1. The van der Waals surface area contributed by atoms with E-state index in [1.54, 1.807) is 0 Å². The van der Waals surface area contributed by atoms with E-state index in [1.807, 2.05) is 0 Å². The average Bonchev–Trinajstić information content (AvgIpc) is 2.50. The van der Waals surface area contributed by atoms with Crippen LogP contribution < -0.4 is 0 Å². The van der Waals surface area contributed by atoms with Crippen molar-refractivity contribution in [1.82, 2.24) is 0 Å². The molecule has 0 amide bonds. The minimum atomic E-state index is -0.145. The van der Waals surface area contributed by atoms with Crippen molar-refractivity contribution >= 4 is 30.5 Å². The number of rotatable bonds is 0. The molecule has 13 heavy (non-hydrogen) atoms. The Morgan fingerprint density at radius 1 is 1.23 bits per heavy atom. The van der Waals surface area contributed by atoms with E-state index in [0.29, 0.717) is 5.92 Å². The maximum atomic E-state index is 3.23. The molecule has 1 aliphatic rings. The van der Waals surface area contributed by atoms with Gasteiger partial charge in [0, 0.05) is 0 Å². The molecule has 0 nitrogen and oxygen atoms in total. The van der Waals surface area contributed by atoms with E-state index in [0.717, 1.165) is 0 Å². The second-order valence-electron chi connectivity index (χ2n) is 2.85. The molecule has 0 saturated heterocycles. The van der Waals surface area contributed by atoms with Crippen LogP contribution in [0.5, 0.6) is 0 Å². The monoisotopic (exact) mass is 378 g/mol. The van der Waals surface area contributed by atoms with Crippen molar-refractivity contribution in [1.29, 1.82) is 0 Å². The Morgan fingerprint density at radius 2 is 1.85 bits per heavy atom. The van der Waals surface area contributed by atoms with Gasteiger partial charge >= 0.3 is 43.0 Å². The molecule has 2 rings (SSSR count). The van der Waals surface area contributed by atoms with Crippen LogP contribution in [0.15, 0.2) is 30.3 Å². The zero-order valence-electron chi connectivity index (χ0n) is 7.30. The SMILES string of the molecule is CC1C=Cc2ccccc21.[Br][Zr][Br]. The van der Waals surface area contributed by atoms with Gasteiger partial charge in [-0.2, -0.15) is 0 Å². The first-order chi connectivity index (χ1) is 6.29. The summed E-state index contributed by atoms with van der Waals surface area (Å²) in [6.45, 7) is 2.22. The normalized spacial score (nSPS) is 17.3. The summed E-state index contributed by atoms with van der Waals surface area (Å²) >= 11 is 6.32. The third kappa shape index (κ3) is 3.45. The van der Waals surface area contributed by atoms with Gasteiger partial charge in [0.2, 0.25) is 0 Å². The quantitative estimate of drug-likeness (QED) is 0.621. The van der Waals surface area contributed by atoms with Crippen molar-refractivity contribution in [3.8, 4) is 0 Å². The molecule has 1 aromatic rings. The maximum absolute atomic E-state index is 3.23. The molecular formula is C10H10Br2Zr. The zero-order valence-corrected chi connectivity index (χ0v) is 12.9. The first-order valence-electron chi connectivity index (χ1n) is 4.03. The molecule has 0 fully saturated rings. The molecule has 1 aromatic carbocycles. The predicted octanol–water partition coefficient (Wildman–Crippen LogP) is 4.51. The van der Waals surface area contributed by atoms with Crippen molar-refractivity contribution in [2.75, 3.05) is 0 Å². The Bertz CT molecular complexity index is 297. The van der Waals surface area contributed by atoms with Gasteiger partial charge in [-0.1, -0.05) is 43.3 Å². The van der Waals surface area contributed by atoms with Gasteiger partial charge < -0.3 is 0 Å². The van der Waals surface area contributed by atoms with E-state index >= 15 is 0 Å². The van der Waals surface area contributed by atoms with Gasteiger partial charge in [0.1, 0.15) is 0 Å². The third-order valence-electron chi connectivity index (χ3n) is 2.05. The van der Waals surface area contributed by atoms with Crippen LogP contribution in [0.1, 0.15) is 24.0 Å². The van der Waals surface area contributed by atoms with Crippen molar-refractivity contribution in [2.45, 2.75) is 12.8 Å². The van der Waals surface area contributed by atoms with Crippen LogP contribution in [0.25, 0.3) is 6.08 Å². The van der Waals surface area contributed by atoms with Gasteiger partial charge in [-0.15, -0.1) is 0 Å². The standard InChI is InChI=1S/C10H10.2BrH.Zr/c1-8-6-7-9-4-2-3-5-10(8)9;;;/h2-8H,1H3;2*1H;/q;;;+2/p-2. The van der Waals surface area contributed by atoms with Crippen molar-refractivity contribution in [3.05, 3.63) is 41.5 Å². The van der Waals surface area contributed by atoms with Crippen LogP contribution in [0.4, 0.5) is 0 Å². The molecule has 1 atom stereocenters. The number of halogens is 2. The number of fused-ring (bicyclic) bond motifs is 1. The average molecular weight is 381 g/mol. The summed E-state index contributed by atoms with van der Waals surface area (Å²) in [5.74, 6) is 0.621.